The molecule has 1 nitrogen and oxygen atoms in total. The van der Waals surface area contributed by atoms with Gasteiger partial charge in [0.25, 0.3) is 0 Å². The van der Waals surface area contributed by atoms with E-state index in [1.54, 1.807) is 0 Å². The van der Waals surface area contributed by atoms with Gasteiger partial charge in [-0.05, 0) is 6.08 Å². The van der Waals surface area contributed by atoms with E-state index >= 15 is 0 Å². The highest BCUT2D eigenvalue weighted by atomic mass is 14.7. The first-order valence-electron chi connectivity index (χ1n) is 1.16. The van der Waals surface area contributed by atoms with Gasteiger partial charge in [-0.15, -0.1) is 0 Å². The third-order valence-corrected chi connectivity index (χ3v) is 0.333. The fraction of sp³-hybridized carbons (Fsp3) is 0. The standard InChI is InChI=1S/C3H3N/c1-2-4-3-1/h1-2,4H. The van der Waals surface area contributed by atoms with Crippen LogP contribution >= 0.6 is 0 Å². The summed E-state index contributed by atoms with van der Waals surface area (Å²) in [7, 11) is 0. The highest BCUT2D eigenvalue weighted by Crippen LogP contribution is 1.45. The maximum atomic E-state index is 2.68. The summed E-state index contributed by atoms with van der Waals surface area (Å²) < 4.78 is 0. The van der Waals surface area contributed by atoms with E-state index < -0.39 is 0 Å². The molecular formula is C3H3N. The molecule has 0 amide bonds. The molecule has 0 fully saturated rings. The zero-order valence-electron chi connectivity index (χ0n) is 2.15. The zero-order valence-corrected chi connectivity index (χ0v) is 2.15. The lowest BCUT2D eigenvalue weighted by Gasteiger charge is -1.76. The molecular weight excluding hydrogens is 50.0 g/mol. The van der Waals surface area contributed by atoms with Crippen molar-refractivity contribution in [2.75, 3.05) is 0 Å². The summed E-state index contributed by atoms with van der Waals surface area (Å²) in [4.78, 5) is 2.68. The molecule has 0 radical (unpaired) electrons. The van der Waals surface area contributed by atoms with Crippen molar-refractivity contribution in [2.45, 2.75) is 0 Å². The van der Waals surface area contributed by atoms with Crippen molar-refractivity contribution >= 4 is 6.21 Å². The van der Waals surface area contributed by atoms with Crippen LogP contribution in [0.25, 0.3) is 0 Å². The molecule has 0 aromatic rings. The van der Waals surface area contributed by atoms with Crippen LogP contribution in [0.1, 0.15) is 0 Å². The first-order valence-corrected chi connectivity index (χ1v) is 1.16. The van der Waals surface area contributed by atoms with E-state index in [1.165, 1.54) is 0 Å². The fourth-order valence-electron chi connectivity index (χ4n) is 0.0833. The minimum Gasteiger partial charge on any atom is -0.324 e. The molecule has 0 aliphatic carbocycles. The molecule has 1 heteroatoms. The van der Waals surface area contributed by atoms with Crippen LogP contribution in [0.2, 0.25) is 0 Å². The van der Waals surface area contributed by atoms with Crippen LogP contribution < -0.4 is 4.99 Å². The van der Waals surface area contributed by atoms with Crippen LogP contribution in [-0.2, 0) is 0 Å². The molecule has 0 atom stereocenters. The zero-order chi connectivity index (χ0) is 2.83. The van der Waals surface area contributed by atoms with Gasteiger partial charge in [-0.2, -0.15) is 0 Å². The van der Waals surface area contributed by atoms with E-state index in [0.29, 0.717) is 0 Å². The lowest BCUT2D eigenvalue weighted by Crippen LogP contribution is -2.66. The van der Waals surface area contributed by atoms with Crippen LogP contribution in [0.15, 0.2) is 6.08 Å². The Bertz CT molecular complexity index is 43.7. The molecule has 1 aliphatic rings. The number of hydrogen-bond acceptors (Lipinski definition) is 0. The van der Waals surface area contributed by atoms with E-state index in [0.717, 1.165) is 0 Å². The highest BCUT2D eigenvalue weighted by molar-refractivity contribution is 5.66. The average molecular weight is 53.1 g/mol. The van der Waals surface area contributed by atoms with Crippen molar-refractivity contribution in [3.8, 4) is 0 Å². The molecule has 1 rings (SSSR count). The predicted molar refractivity (Wildman–Crippen MR) is 14.8 cm³/mol. The van der Waals surface area contributed by atoms with E-state index in [-0.39, 0.29) is 0 Å². The minimum atomic E-state index is 1.82. The quantitative estimate of drug-likeness (QED) is 0.322. The Hall–Kier alpha value is -0.590. The molecule has 1 heterocycles. The number of hydrogen-bond donors (Lipinski definition) is 1. The molecule has 0 aromatic carbocycles. The molecule has 0 bridgehead atoms. The Morgan fingerprint density at radius 3 is 2.00 bits per heavy atom. The SMILES string of the molecule is [C-]1=CC=[NH+]1. The normalized spacial score (nSPS) is 16.0. The van der Waals surface area contributed by atoms with Gasteiger partial charge in [0, 0.05) is 0 Å². The topological polar surface area (TPSA) is 14.0 Å². The van der Waals surface area contributed by atoms with Crippen molar-refractivity contribution in [2.24, 2.45) is 0 Å². The van der Waals surface area contributed by atoms with Crippen LogP contribution in [0.4, 0.5) is 0 Å². The van der Waals surface area contributed by atoms with Gasteiger partial charge in [-0.1, -0.05) is 0 Å². The summed E-state index contributed by atoms with van der Waals surface area (Å²) in [6.45, 7) is 0. The van der Waals surface area contributed by atoms with E-state index in [4.69, 9.17) is 0 Å². The molecule has 20 valence electrons. The summed E-state index contributed by atoms with van der Waals surface area (Å²) in [6, 6.07) is 0. The molecule has 0 aromatic heterocycles. The maximum Gasteiger partial charge on any atom is 0.117 e. The number of allylic oxidation sites excluding steroid dienone is 1. The lowest BCUT2D eigenvalue weighted by molar-refractivity contribution is -0.397. The van der Waals surface area contributed by atoms with Crippen molar-refractivity contribution in [1.82, 2.24) is 0 Å². The Labute approximate surface area is 24.7 Å². The lowest BCUT2D eigenvalue weighted by atomic mass is 10.6. The molecule has 4 heavy (non-hydrogen) atoms. The third kappa shape index (κ3) is 0.0204. The van der Waals surface area contributed by atoms with Gasteiger partial charge in [0.1, 0.15) is 6.20 Å². The maximum absolute atomic E-state index is 2.68. The molecule has 0 saturated carbocycles. The van der Waals surface area contributed by atoms with Gasteiger partial charge in [0.05, 0.1) is 6.21 Å². The van der Waals surface area contributed by atoms with E-state index in [9.17, 15) is 0 Å². The van der Waals surface area contributed by atoms with Gasteiger partial charge in [-0.25, -0.2) is 0 Å². The molecule has 1 aliphatic heterocycles. The van der Waals surface area contributed by atoms with Crippen molar-refractivity contribution in [3.05, 3.63) is 12.3 Å². The van der Waals surface area contributed by atoms with Gasteiger partial charge in [-0.3, -0.25) is 0 Å². The minimum absolute atomic E-state index is 1.82. The second kappa shape index (κ2) is 0.412. The molecule has 0 saturated heterocycles. The van der Waals surface area contributed by atoms with Crippen LogP contribution in [0.3, 0.4) is 0 Å². The van der Waals surface area contributed by atoms with Gasteiger partial charge in [0.15, 0.2) is 0 Å². The number of rotatable bonds is 0. The van der Waals surface area contributed by atoms with Crippen LogP contribution in [0, 0.1) is 6.20 Å². The van der Waals surface area contributed by atoms with Crippen molar-refractivity contribution in [3.63, 3.8) is 0 Å². The van der Waals surface area contributed by atoms with Gasteiger partial charge in [0.2, 0.25) is 0 Å². The second-order valence-electron chi connectivity index (χ2n) is 0.622. The summed E-state index contributed by atoms with van der Waals surface area (Å²) in [5, 5.41) is 0. The largest absolute Gasteiger partial charge is 0.324 e. The van der Waals surface area contributed by atoms with Gasteiger partial charge >= 0.3 is 0 Å². The average Bonchev–Trinajstić information content (AvgIpc) is 0.722. The summed E-state index contributed by atoms with van der Waals surface area (Å²) in [6.07, 6.45) is 6.32. The first-order chi connectivity index (χ1) is 2.00. The summed E-state index contributed by atoms with van der Waals surface area (Å²) >= 11 is 0. The predicted octanol–water partition coefficient (Wildman–Crippen LogP) is -1.53. The Morgan fingerprint density at radius 1 is 1.75 bits per heavy atom. The Kier molecular flexibility index (Phi) is 0.175. The van der Waals surface area contributed by atoms with E-state index in [2.05, 4.69) is 11.2 Å². The van der Waals surface area contributed by atoms with Crippen molar-refractivity contribution < 1.29 is 4.99 Å². The third-order valence-electron chi connectivity index (χ3n) is 0.333. The summed E-state index contributed by atoms with van der Waals surface area (Å²) in [5.74, 6) is 0. The molecule has 0 spiro atoms. The first kappa shape index (κ1) is 1.70. The fourth-order valence-corrected chi connectivity index (χ4v) is 0.0833. The Balaban J connectivity index is 2.67. The van der Waals surface area contributed by atoms with Crippen molar-refractivity contribution in [1.29, 1.82) is 0 Å². The Morgan fingerprint density at radius 2 is 2.00 bits per heavy atom. The second-order valence-corrected chi connectivity index (χ2v) is 0.622. The van der Waals surface area contributed by atoms with E-state index in [1.807, 2.05) is 12.3 Å². The molecule has 1 N–H and O–H groups in total. The van der Waals surface area contributed by atoms with Crippen LogP contribution in [-0.4, -0.2) is 6.21 Å². The molecule has 0 unspecified atom stereocenters. The highest BCUT2D eigenvalue weighted by Gasteiger charge is 1.67. The number of nitrogens with one attached hydrogen (secondary N) is 1. The van der Waals surface area contributed by atoms with Gasteiger partial charge < -0.3 is 4.99 Å². The van der Waals surface area contributed by atoms with Crippen LogP contribution in [0.5, 0.6) is 0 Å². The smallest absolute Gasteiger partial charge is 0.117 e. The summed E-state index contributed by atoms with van der Waals surface area (Å²) in [5.41, 5.74) is 0. The monoisotopic (exact) mass is 53.0 g/mol.